The van der Waals surface area contributed by atoms with Gasteiger partial charge in [-0.2, -0.15) is 0 Å². The molecule has 0 saturated carbocycles. The molecule has 0 atom stereocenters. The molecule has 0 aliphatic carbocycles. The second-order valence-electron chi connectivity index (χ2n) is 3.80. The number of aromatic hydroxyl groups is 1. The highest BCUT2D eigenvalue weighted by Crippen LogP contribution is 2.15. The van der Waals surface area contributed by atoms with Crippen molar-refractivity contribution in [3.8, 4) is 5.75 Å². The van der Waals surface area contributed by atoms with E-state index in [1.165, 1.54) is 12.3 Å². The number of hydrogen-bond acceptors (Lipinski definition) is 3. The third-order valence-corrected chi connectivity index (χ3v) is 2.03. The zero-order chi connectivity index (χ0) is 10.6. The summed E-state index contributed by atoms with van der Waals surface area (Å²) in [6.07, 6.45) is 4.50. The van der Waals surface area contributed by atoms with Crippen molar-refractivity contribution in [2.45, 2.75) is 26.7 Å². The van der Waals surface area contributed by atoms with Crippen molar-refractivity contribution in [2.75, 3.05) is 0 Å². The lowest BCUT2D eigenvalue weighted by Crippen LogP contribution is -1.92. The lowest BCUT2D eigenvalue weighted by Gasteiger charge is -2.03. The van der Waals surface area contributed by atoms with Gasteiger partial charge in [0.15, 0.2) is 5.43 Å². The second-order valence-corrected chi connectivity index (χ2v) is 3.80. The highest BCUT2D eigenvalue weighted by atomic mass is 16.3. The lowest BCUT2D eigenvalue weighted by molar-refractivity contribution is 0.463. The van der Waals surface area contributed by atoms with Crippen LogP contribution < -0.4 is 5.43 Å². The van der Waals surface area contributed by atoms with Crippen molar-refractivity contribution in [3.05, 3.63) is 34.2 Å². The van der Waals surface area contributed by atoms with Crippen LogP contribution in [0.4, 0.5) is 0 Å². The van der Waals surface area contributed by atoms with E-state index in [9.17, 15) is 9.90 Å². The molecule has 1 aromatic rings. The number of nitrogens with zero attached hydrogens (tertiary/aromatic N) is 1. The molecule has 0 amide bonds. The van der Waals surface area contributed by atoms with E-state index in [4.69, 9.17) is 0 Å². The minimum absolute atomic E-state index is 0.0492. The topological polar surface area (TPSA) is 50.2 Å². The first-order valence-corrected chi connectivity index (χ1v) is 4.77. The van der Waals surface area contributed by atoms with Crippen LogP contribution in [0.1, 0.15) is 25.8 Å². The van der Waals surface area contributed by atoms with Crippen LogP contribution in [-0.4, -0.2) is 10.1 Å². The van der Waals surface area contributed by atoms with E-state index in [1.807, 2.05) is 0 Å². The molecule has 0 fully saturated rings. The number of hydrogen-bond donors (Lipinski definition) is 1. The van der Waals surface area contributed by atoms with Crippen LogP contribution in [0.15, 0.2) is 23.3 Å². The van der Waals surface area contributed by atoms with Gasteiger partial charge in [-0.05, 0) is 18.8 Å². The summed E-state index contributed by atoms with van der Waals surface area (Å²) >= 11 is 0. The SMILES string of the molecule is CC(C)CCc1cncc(=O)cc1O. The zero-order valence-corrected chi connectivity index (χ0v) is 8.53. The fourth-order valence-electron chi connectivity index (χ4n) is 1.17. The Labute approximate surface area is 83.4 Å². The van der Waals surface area contributed by atoms with E-state index < -0.39 is 0 Å². The van der Waals surface area contributed by atoms with Gasteiger partial charge in [0.2, 0.25) is 0 Å². The Bertz CT molecular complexity index is 361. The number of aromatic nitrogens is 1. The fraction of sp³-hybridized carbons (Fsp3) is 0.455. The molecule has 14 heavy (non-hydrogen) atoms. The highest BCUT2D eigenvalue weighted by molar-refractivity contribution is 5.27. The third-order valence-electron chi connectivity index (χ3n) is 2.03. The van der Waals surface area contributed by atoms with Crippen molar-refractivity contribution in [1.82, 2.24) is 4.98 Å². The normalized spacial score (nSPS) is 10.5. The molecular weight excluding hydrogens is 178 g/mol. The van der Waals surface area contributed by atoms with Gasteiger partial charge >= 0.3 is 0 Å². The van der Waals surface area contributed by atoms with E-state index in [0.29, 0.717) is 5.92 Å². The number of rotatable bonds is 3. The molecule has 0 spiro atoms. The van der Waals surface area contributed by atoms with Crippen LogP contribution in [-0.2, 0) is 6.42 Å². The Hall–Kier alpha value is -1.38. The van der Waals surface area contributed by atoms with Gasteiger partial charge < -0.3 is 5.11 Å². The molecule has 0 aliphatic rings. The first-order valence-electron chi connectivity index (χ1n) is 4.77. The molecule has 0 unspecified atom stereocenters. The van der Waals surface area contributed by atoms with Crippen LogP contribution in [0.25, 0.3) is 0 Å². The minimum Gasteiger partial charge on any atom is -0.507 e. The van der Waals surface area contributed by atoms with E-state index in [-0.39, 0.29) is 11.2 Å². The summed E-state index contributed by atoms with van der Waals surface area (Å²) in [7, 11) is 0. The van der Waals surface area contributed by atoms with Gasteiger partial charge in [-0.3, -0.25) is 9.78 Å². The molecule has 0 aliphatic heterocycles. The predicted octanol–water partition coefficient (Wildman–Crippen LogP) is 1.74. The standard InChI is InChI=1S/C11H15NO2/c1-8(2)3-4-9-6-12-7-10(13)5-11(9)14/h5-8,14H,3-4H2,1-2H3. The maximum atomic E-state index is 11.0. The maximum Gasteiger partial charge on any atom is 0.200 e. The third kappa shape index (κ3) is 3.17. The molecule has 0 saturated heterocycles. The Morgan fingerprint density at radius 1 is 1.43 bits per heavy atom. The summed E-state index contributed by atoms with van der Waals surface area (Å²) in [5, 5.41) is 9.52. The molecule has 0 aromatic carbocycles. The van der Waals surface area contributed by atoms with E-state index in [2.05, 4.69) is 18.8 Å². The van der Waals surface area contributed by atoms with Crippen LogP contribution in [0, 0.1) is 5.92 Å². The Kier molecular flexibility index (Phi) is 3.63. The second kappa shape index (κ2) is 4.74. The Morgan fingerprint density at radius 2 is 2.14 bits per heavy atom. The minimum atomic E-state index is -0.265. The quantitative estimate of drug-likeness (QED) is 0.795. The van der Waals surface area contributed by atoms with Crippen LogP contribution in [0.5, 0.6) is 5.75 Å². The van der Waals surface area contributed by atoms with Gasteiger partial charge in [-0.1, -0.05) is 13.8 Å². The van der Waals surface area contributed by atoms with E-state index >= 15 is 0 Å². The predicted molar refractivity (Wildman–Crippen MR) is 55.3 cm³/mol. The molecule has 0 radical (unpaired) electrons. The van der Waals surface area contributed by atoms with Crippen molar-refractivity contribution in [2.24, 2.45) is 5.92 Å². The van der Waals surface area contributed by atoms with Crippen LogP contribution in [0.3, 0.4) is 0 Å². The molecule has 76 valence electrons. The van der Waals surface area contributed by atoms with Gasteiger partial charge in [-0.25, -0.2) is 0 Å². The smallest absolute Gasteiger partial charge is 0.200 e. The summed E-state index contributed by atoms with van der Waals surface area (Å²) < 4.78 is 0. The Morgan fingerprint density at radius 3 is 2.79 bits per heavy atom. The van der Waals surface area contributed by atoms with E-state index in [0.717, 1.165) is 18.4 Å². The molecule has 1 N–H and O–H groups in total. The lowest BCUT2D eigenvalue weighted by atomic mass is 10.0. The molecule has 3 heteroatoms. The van der Waals surface area contributed by atoms with Crippen molar-refractivity contribution >= 4 is 0 Å². The van der Waals surface area contributed by atoms with Gasteiger partial charge in [-0.15, -0.1) is 0 Å². The van der Waals surface area contributed by atoms with Gasteiger partial charge in [0.25, 0.3) is 0 Å². The molecule has 1 heterocycles. The molecule has 0 bridgehead atoms. The maximum absolute atomic E-state index is 11.0. The summed E-state index contributed by atoms with van der Waals surface area (Å²) in [4.78, 5) is 14.8. The zero-order valence-electron chi connectivity index (χ0n) is 8.53. The average Bonchev–Trinajstić information content (AvgIpc) is 2.23. The van der Waals surface area contributed by atoms with E-state index in [1.54, 1.807) is 6.20 Å². The van der Waals surface area contributed by atoms with Gasteiger partial charge in [0, 0.05) is 17.8 Å². The molecule has 1 aromatic heterocycles. The van der Waals surface area contributed by atoms with Crippen LogP contribution >= 0.6 is 0 Å². The average molecular weight is 193 g/mol. The summed E-state index contributed by atoms with van der Waals surface area (Å²) in [6, 6.07) is 1.21. The summed E-state index contributed by atoms with van der Waals surface area (Å²) in [5.74, 6) is 0.625. The Balaban J connectivity index is 2.88. The van der Waals surface area contributed by atoms with Gasteiger partial charge in [0.05, 0.1) is 6.20 Å². The fourth-order valence-corrected chi connectivity index (χ4v) is 1.17. The summed E-state index contributed by atoms with van der Waals surface area (Å²) in [6.45, 7) is 4.24. The monoisotopic (exact) mass is 193 g/mol. The molecule has 3 nitrogen and oxygen atoms in total. The van der Waals surface area contributed by atoms with Crippen molar-refractivity contribution < 1.29 is 5.11 Å². The highest BCUT2D eigenvalue weighted by Gasteiger charge is 2.02. The number of aryl methyl sites for hydroxylation is 1. The molecular formula is C11H15NO2. The first-order chi connectivity index (χ1) is 6.59. The van der Waals surface area contributed by atoms with Crippen molar-refractivity contribution in [1.29, 1.82) is 0 Å². The van der Waals surface area contributed by atoms with Crippen molar-refractivity contribution in [3.63, 3.8) is 0 Å². The largest absolute Gasteiger partial charge is 0.507 e. The first kappa shape index (κ1) is 10.7. The summed E-state index contributed by atoms with van der Waals surface area (Å²) in [5.41, 5.74) is 0.471. The molecule has 1 rings (SSSR count). The van der Waals surface area contributed by atoms with Crippen LogP contribution in [0.2, 0.25) is 0 Å². The van der Waals surface area contributed by atoms with Gasteiger partial charge in [0.1, 0.15) is 5.75 Å².